The summed E-state index contributed by atoms with van der Waals surface area (Å²) in [6.07, 6.45) is 5.62. The fourth-order valence-corrected chi connectivity index (χ4v) is 4.54. The number of aryl methyl sites for hydroxylation is 1. The molecule has 0 fully saturated rings. The third-order valence-electron chi connectivity index (χ3n) is 5.27. The van der Waals surface area contributed by atoms with E-state index in [1.165, 1.54) is 34.8 Å². The van der Waals surface area contributed by atoms with Crippen molar-refractivity contribution in [3.8, 4) is 0 Å². The lowest BCUT2D eigenvalue weighted by atomic mass is 9.91. The molecule has 0 saturated heterocycles. The first-order valence-corrected chi connectivity index (χ1v) is 11.0. The molecule has 5 heteroatoms. The molecule has 3 aromatic rings. The predicted molar refractivity (Wildman–Crippen MR) is 105 cm³/mol. The average Bonchev–Trinajstić information content (AvgIpc) is 3.01. The van der Waals surface area contributed by atoms with E-state index in [1.807, 2.05) is 12.1 Å². The summed E-state index contributed by atoms with van der Waals surface area (Å²) >= 11 is 0. The van der Waals surface area contributed by atoms with Crippen LogP contribution in [0.4, 0.5) is 0 Å². The number of benzene rings is 2. The minimum atomic E-state index is -3.12. The minimum absolute atomic E-state index is 0.362. The Hall–Kier alpha value is -2.11. The number of nitrogens with one attached hydrogen (secondary N) is 2. The second kappa shape index (κ2) is 6.89. The third-order valence-corrected chi connectivity index (χ3v) is 6.40. The van der Waals surface area contributed by atoms with Gasteiger partial charge in [0.05, 0.1) is 4.90 Å². The van der Waals surface area contributed by atoms with Crippen molar-refractivity contribution in [3.63, 3.8) is 0 Å². The molecule has 1 unspecified atom stereocenters. The molecule has 0 radical (unpaired) electrons. The van der Waals surface area contributed by atoms with Crippen LogP contribution in [0, 0.1) is 0 Å². The maximum absolute atomic E-state index is 11.5. The first-order chi connectivity index (χ1) is 12.5. The summed E-state index contributed by atoms with van der Waals surface area (Å²) in [7, 11) is -3.12. The van der Waals surface area contributed by atoms with Gasteiger partial charge in [0.25, 0.3) is 0 Å². The van der Waals surface area contributed by atoms with E-state index in [0.717, 1.165) is 31.4 Å². The normalized spacial score (nSPS) is 17.3. The summed E-state index contributed by atoms with van der Waals surface area (Å²) in [5.41, 5.74) is 5.17. The van der Waals surface area contributed by atoms with E-state index in [9.17, 15) is 8.42 Å². The summed E-state index contributed by atoms with van der Waals surface area (Å²) in [6, 6.07) is 16.1. The van der Waals surface area contributed by atoms with Crippen LogP contribution in [0.1, 0.15) is 35.7 Å². The van der Waals surface area contributed by atoms with Crippen LogP contribution >= 0.6 is 0 Å². The van der Waals surface area contributed by atoms with E-state index in [4.69, 9.17) is 0 Å². The van der Waals surface area contributed by atoms with Crippen LogP contribution in [0.2, 0.25) is 0 Å². The zero-order valence-electron chi connectivity index (χ0n) is 15.0. The second-order valence-corrected chi connectivity index (χ2v) is 9.14. The Morgan fingerprint density at radius 2 is 1.88 bits per heavy atom. The summed E-state index contributed by atoms with van der Waals surface area (Å²) in [6.45, 7) is 0.873. The van der Waals surface area contributed by atoms with Crippen molar-refractivity contribution in [1.29, 1.82) is 0 Å². The van der Waals surface area contributed by atoms with Crippen molar-refractivity contribution < 1.29 is 8.42 Å². The topological polar surface area (TPSA) is 62.0 Å². The summed E-state index contributed by atoms with van der Waals surface area (Å²) in [5, 5.41) is 5.03. The Labute approximate surface area is 154 Å². The van der Waals surface area contributed by atoms with Gasteiger partial charge in [0, 0.05) is 28.9 Å². The highest BCUT2D eigenvalue weighted by molar-refractivity contribution is 7.90. The molecule has 1 aromatic heterocycles. The molecule has 0 amide bonds. The first-order valence-electron chi connectivity index (χ1n) is 9.14. The van der Waals surface area contributed by atoms with E-state index in [1.54, 1.807) is 12.1 Å². The van der Waals surface area contributed by atoms with Gasteiger partial charge in [0.1, 0.15) is 0 Å². The highest BCUT2D eigenvalue weighted by Crippen LogP contribution is 2.34. The van der Waals surface area contributed by atoms with Gasteiger partial charge < -0.3 is 10.3 Å². The van der Waals surface area contributed by atoms with Gasteiger partial charge in [-0.05, 0) is 61.6 Å². The molecule has 1 aliphatic carbocycles. The van der Waals surface area contributed by atoms with Crippen molar-refractivity contribution >= 4 is 20.7 Å². The number of sulfone groups is 1. The van der Waals surface area contributed by atoms with Gasteiger partial charge >= 0.3 is 0 Å². The van der Waals surface area contributed by atoms with Crippen molar-refractivity contribution in [3.05, 3.63) is 65.4 Å². The van der Waals surface area contributed by atoms with Gasteiger partial charge in [-0.1, -0.05) is 30.3 Å². The van der Waals surface area contributed by atoms with Crippen LogP contribution in [-0.4, -0.2) is 26.2 Å². The quantitative estimate of drug-likeness (QED) is 0.720. The molecule has 136 valence electrons. The number of aromatic nitrogens is 1. The Morgan fingerprint density at radius 3 is 2.65 bits per heavy atom. The highest BCUT2D eigenvalue weighted by atomic mass is 32.2. The first kappa shape index (κ1) is 17.3. The maximum atomic E-state index is 11.5. The van der Waals surface area contributed by atoms with Crippen molar-refractivity contribution in [2.45, 2.75) is 36.6 Å². The van der Waals surface area contributed by atoms with Gasteiger partial charge in [-0.25, -0.2) is 8.42 Å². The fraction of sp³-hybridized carbons (Fsp3) is 0.333. The fourth-order valence-electron chi connectivity index (χ4n) is 3.91. The predicted octanol–water partition coefficient (Wildman–Crippen LogP) is 3.78. The zero-order chi connectivity index (χ0) is 18.1. The zero-order valence-corrected chi connectivity index (χ0v) is 15.8. The molecule has 2 aromatic carbocycles. The Kier molecular flexibility index (Phi) is 4.59. The summed E-state index contributed by atoms with van der Waals surface area (Å²) in [4.78, 5) is 3.99. The molecule has 0 spiro atoms. The molecule has 4 nitrogen and oxygen atoms in total. The molecular formula is C21H24N2O2S. The molecule has 0 saturated carbocycles. The van der Waals surface area contributed by atoms with Gasteiger partial charge in [0.15, 0.2) is 9.84 Å². The van der Waals surface area contributed by atoms with E-state index < -0.39 is 9.84 Å². The van der Waals surface area contributed by atoms with Crippen LogP contribution in [0.5, 0.6) is 0 Å². The summed E-state index contributed by atoms with van der Waals surface area (Å²) < 4.78 is 23.1. The monoisotopic (exact) mass is 368 g/mol. The number of H-pyrrole nitrogens is 1. The summed E-state index contributed by atoms with van der Waals surface area (Å²) in [5.74, 6) is 0. The van der Waals surface area contributed by atoms with E-state index in [0.29, 0.717) is 10.9 Å². The van der Waals surface area contributed by atoms with Crippen LogP contribution in [-0.2, 0) is 22.7 Å². The van der Waals surface area contributed by atoms with Crippen LogP contribution in [0.15, 0.2) is 53.4 Å². The molecule has 2 N–H and O–H groups in total. The molecule has 1 atom stereocenters. The molecular weight excluding hydrogens is 344 g/mol. The SMILES string of the molecule is CS(=O)(=O)c1ccc(CCNC2CCCc3c2[nH]c2ccccc32)cc1. The van der Waals surface area contributed by atoms with Gasteiger partial charge in [-0.15, -0.1) is 0 Å². The lowest BCUT2D eigenvalue weighted by Crippen LogP contribution is -2.27. The van der Waals surface area contributed by atoms with E-state index in [-0.39, 0.29) is 0 Å². The molecule has 0 bridgehead atoms. The number of aromatic amines is 1. The van der Waals surface area contributed by atoms with Crippen molar-refractivity contribution in [2.24, 2.45) is 0 Å². The maximum Gasteiger partial charge on any atom is 0.175 e. The number of fused-ring (bicyclic) bond motifs is 3. The molecule has 1 heterocycles. The van der Waals surface area contributed by atoms with Crippen LogP contribution in [0.25, 0.3) is 10.9 Å². The standard InChI is InChI=1S/C21H24N2O2S/c1-26(24,25)16-11-9-15(10-12-16)13-14-22-20-8-4-6-18-17-5-2-3-7-19(17)23-21(18)20/h2-3,5,7,9-12,20,22-23H,4,6,8,13-14H2,1H3. The number of hydrogen-bond donors (Lipinski definition) is 2. The molecule has 1 aliphatic rings. The lowest BCUT2D eigenvalue weighted by molar-refractivity contribution is 0.456. The molecule has 26 heavy (non-hydrogen) atoms. The van der Waals surface area contributed by atoms with Crippen molar-refractivity contribution in [2.75, 3.05) is 12.8 Å². The Balaban J connectivity index is 1.43. The smallest absolute Gasteiger partial charge is 0.175 e. The lowest BCUT2D eigenvalue weighted by Gasteiger charge is -2.24. The van der Waals surface area contributed by atoms with Gasteiger partial charge in [-0.3, -0.25) is 0 Å². The number of hydrogen-bond acceptors (Lipinski definition) is 3. The van der Waals surface area contributed by atoms with E-state index in [2.05, 4.69) is 34.6 Å². The number of para-hydroxylation sites is 1. The van der Waals surface area contributed by atoms with Gasteiger partial charge in [0.2, 0.25) is 0 Å². The molecule has 4 rings (SSSR count). The third kappa shape index (κ3) is 3.41. The van der Waals surface area contributed by atoms with Crippen LogP contribution in [0.3, 0.4) is 0 Å². The number of rotatable bonds is 5. The Morgan fingerprint density at radius 1 is 1.12 bits per heavy atom. The largest absolute Gasteiger partial charge is 0.357 e. The second-order valence-electron chi connectivity index (χ2n) is 7.13. The van der Waals surface area contributed by atoms with Crippen LogP contribution < -0.4 is 5.32 Å². The average molecular weight is 369 g/mol. The molecule has 0 aliphatic heterocycles. The van der Waals surface area contributed by atoms with E-state index >= 15 is 0 Å². The van der Waals surface area contributed by atoms with Crippen molar-refractivity contribution in [1.82, 2.24) is 10.3 Å². The Bertz CT molecular complexity index is 1020. The highest BCUT2D eigenvalue weighted by Gasteiger charge is 2.23. The van der Waals surface area contributed by atoms with Gasteiger partial charge in [-0.2, -0.15) is 0 Å². The minimum Gasteiger partial charge on any atom is -0.357 e.